The van der Waals surface area contributed by atoms with Gasteiger partial charge in [0, 0.05) is 23.9 Å². The molecule has 0 aromatic heterocycles. The Labute approximate surface area is 130 Å². The molecule has 1 aromatic carbocycles. The minimum absolute atomic E-state index is 0.0627. The lowest BCUT2D eigenvalue weighted by Gasteiger charge is -2.25. The first-order valence-electron chi connectivity index (χ1n) is 6.55. The van der Waals surface area contributed by atoms with Crippen LogP contribution in [0, 0.1) is 5.82 Å². The highest BCUT2D eigenvalue weighted by atomic mass is 32.2. The summed E-state index contributed by atoms with van der Waals surface area (Å²) in [5, 5.41) is 13.7. The molecule has 0 radical (unpaired) electrons. The van der Waals surface area contributed by atoms with E-state index in [2.05, 4.69) is 10.6 Å². The van der Waals surface area contributed by atoms with Crippen LogP contribution < -0.4 is 10.6 Å². The number of urea groups is 1. The Morgan fingerprint density at radius 2 is 2.00 bits per heavy atom. The third-order valence-corrected chi connectivity index (χ3v) is 3.87. The quantitative estimate of drug-likeness (QED) is 0.746. The molecule has 0 saturated carbocycles. The molecule has 0 heterocycles. The van der Waals surface area contributed by atoms with Crippen molar-refractivity contribution in [2.75, 3.05) is 11.6 Å². The van der Waals surface area contributed by atoms with E-state index in [9.17, 15) is 18.2 Å². The van der Waals surface area contributed by atoms with E-state index >= 15 is 0 Å². The number of hydrogen-bond acceptors (Lipinski definition) is 3. The Bertz CT molecular complexity index is 605. The van der Waals surface area contributed by atoms with E-state index in [4.69, 9.17) is 5.11 Å². The van der Waals surface area contributed by atoms with Crippen molar-refractivity contribution in [1.29, 1.82) is 0 Å². The first-order valence-corrected chi connectivity index (χ1v) is 8.10. The monoisotopic (exact) mass is 330 g/mol. The van der Waals surface area contributed by atoms with Gasteiger partial charge in [0.25, 0.3) is 0 Å². The molecule has 1 rings (SSSR count). The molecular formula is C14H19FN2O4S. The molecule has 22 heavy (non-hydrogen) atoms. The zero-order valence-corrected chi connectivity index (χ0v) is 13.4. The molecule has 122 valence electrons. The Balaban J connectivity index is 2.67. The van der Waals surface area contributed by atoms with Gasteiger partial charge in [0.1, 0.15) is 5.82 Å². The lowest BCUT2D eigenvalue weighted by molar-refractivity contribution is -0.137. The lowest BCUT2D eigenvalue weighted by Crippen LogP contribution is -2.45. The maximum absolute atomic E-state index is 13.7. The van der Waals surface area contributed by atoms with Crippen LogP contribution >= 0.6 is 0 Å². The molecule has 0 saturated heterocycles. The number of carbonyl (C=O) groups excluding carboxylic acids is 1. The number of rotatable bonds is 6. The number of carboxylic acids is 1. The van der Waals surface area contributed by atoms with E-state index in [1.54, 1.807) is 13.8 Å². The summed E-state index contributed by atoms with van der Waals surface area (Å²) in [4.78, 5) is 22.5. The van der Waals surface area contributed by atoms with Crippen LogP contribution in [0.15, 0.2) is 23.1 Å². The standard InChI is InChI=1S/C14H19FN2O4S/c1-14(2,7-6-12(18)19)17-13(20)16-9-4-5-11(22(3)21)10(15)8-9/h4-5,8H,6-7H2,1-3H3,(H,18,19)(H2,16,17,20). The van der Waals surface area contributed by atoms with Gasteiger partial charge in [-0.25, -0.2) is 9.18 Å². The van der Waals surface area contributed by atoms with Crippen molar-refractivity contribution >= 4 is 28.5 Å². The number of aliphatic carboxylic acids is 1. The summed E-state index contributed by atoms with van der Waals surface area (Å²) in [7, 11) is -1.44. The maximum Gasteiger partial charge on any atom is 0.319 e. The zero-order valence-electron chi connectivity index (χ0n) is 12.6. The van der Waals surface area contributed by atoms with E-state index in [0.717, 1.165) is 6.07 Å². The molecule has 0 aliphatic rings. The molecule has 0 spiro atoms. The van der Waals surface area contributed by atoms with Crippen molar-refractivity contribution < 1.29 is 23.3 Å². The summed E-state index contributed by atoms with van der Waals surface area (Å²) < 4.78 is 24.9. The first kappa shape index (κ1) is 18.1. The minimum atomic E-state index is -1.44. The first-order chi connectivity index (χ1) is 10.1. The van der Waals surface area contributed by atoms with E-state index in [-0.39, 0.29) is 23.4 Å². The van der Waals surface area contributed by atoms with Crippen molar-refractivity contribution in [3.8, 4) is 0 Å². The predicted molar refractivity (Wildman–Crippen MR) is 81.8 cm³/mol. The summed E-state index contributed by atoms with van der Waals surface area (Å²) in [6.07, 6.45) is 1.56. The normalized spacial score (nSPS) is 12.5. The highest BCUT2D eigenvalue weighted by molar-refractivity contribution is 7.84. The van der Waals surface area contributed by atoms with Crippen LogP contribution in [0.2, 0.25) is 0 Å². The fourth-order valence-corrected chi connectivity index (χ4v) is 2.36. The second-order valence-corrected chi connectivity index (χ2v) is 6.80. The van der Waals surface area contributed by atoms with Crippen molar-refractivity contribution in [1.82, 2.24) is 5.32 Å². The molecule has 3 N–H and O–H groups in total. The summed E-state index contributed by atoms with van der Waals surface area (Å²) in [5.41, 5.74) is -0.496. The molecule has 0 aliphatic heterocycles. The number of benzene rings is 1. The van der Waals surface area contributed by atoms with Crippen LogP contribution in [-0.4, -0.2) is 33.1 Å². The molecule has 1 atom stereocenters. The number of halogens is 1. The van der Waals surface area contributed by atoms with Gasteiger partial charge in [-0.2, -0.15) is 0 Å². The molecular weight excluding hydrogens is 311 g/mol. The highest BCUT2D eigenvalue weighted by Gasteiger charge is 2.21. The summed E-state index contributed by atoms with van der Waals surface area (Å²) in [5.74, 6) is -1.61. The molecule has 0 bridgehead atoms. The van der Waals surface area contributed by atoms with Gasteiger partial charge in [-0.15, -0.1) is 0 Å². The average molecular weight is 330 g/mol. The molecule has 0 fully saturated rings. The summed E-state index contributed by atoms with van der Waals surface area (Å²) in [6.45, 7) is 3.39. The van der Waals surface area contributed by atoms with Gasteiger partial charge in [-0.05, 0) is 38.5 Å². The third-order valence-electron chi connectivity index (χ3n) is 2.92. The number of amides is 2. The number of hydrogen-bond donors (Lipinski definition) is 3. The Morgan fingerprint density at radius 3 is 2.50 bits per heavy atom. The smallest absolute Gasteiger partial charge is 0.319 e. The average Bonchev–Trinajstić information content (AvgIpc) is 2.35. The Hall–Kier alpha value is -1.96. The number of carboxylic acid groups (broad SMARTS) is 1. The molecule has 6 nitrogen and oxygen atoms in total. The van der Waals surface area contributed by atoms with Gasteiger partial charge in [-0.3, -0.25) is 9.00 Å². The fraction of sp³-hybridized carbons (Fsp3) is 0.429. The van der Waals surface area contributed by atoms with Crippen LogP contribution in [0.5, 0.6) is 0 Å². The van der Waals surface area contributed by atoms with Crippen LogP contribution in [0.3, 0.4) is 0 Å². The van der Waals surface area contributed by atoms with E-state index in [1.165, 1.54) is 18.4 Å². The molecule has 2 amide bonds. The third kappa shape index (κ3) is 5.80. The van der Waals surface area contributed by atoms with Crippen molar-refractivity contribution in [2.45, 2.75) is 37.1 Å². The van der Waals surface area contributed by atoms with Gasteiger partial charge in [0.2, 0.25) is 0 Å². The largest absolute Gasteiger partial charge is 0.481 e. The maximum atomic E-state index is 13.7. The summed E-state index contributed by atoms with van der Waals surface area (Å²) >= 11 is 0. The molecule has 8 heteroatoms. The fourth-order valence-electron chi connectivity index (χ4n) is 1.76. The van der Waals surface area contributed by atoms with Crippen molar-refractivity contribution in [2.24, 2.45) is 0 Å². The van der Waals surface area contributed by atoms with Gasteiger partial charge in [0.15, 0.2) is 0 Å². The van der Waals surface area contributed by atoms with Gasteiger partial charge >= 0.3 is 12.0 Å². The van der Waals surface area contributed by atoms with Crippen LogP contribution in [0.25, 0.3) is 0 Å². The second-order valence-electron chi connectivity index (χ2n) is 5.46. The van der Waals surface area contributed by atoms with E-state index in [0.29, 0.717) is 0 Å². The Morgan fingerprint density at radius 1 is 1.36 bits per heavy atom. The molecule has 0 aliphatic carbocycles. The number of carbonyl (C=O) groups is 2. The second kappa shape index (κ2) is 7.35. The minimum Gasteiger partial charge on any atom is -0.481 e. The van der Waals surface area contributed by atoms with Gasteiger partial charge in [0.05, 0.1) is 15.7 Å². The topological polar surface area (TPSA) is 95.5 Å². The Kier molecular flexibility index (Phi) is 6.04. The van der Waals surface area contributed by atoms with Crippen molar-refractivity contribution in [3.05, 3.63) is 24.0 Å². The van der Waals surface area contributed by atoms with Gasteiger partial charge in [-0.1, -0.05) is 0 Å². The van der Waals surface area contributed by atoms with Crippen LogP contribution in [0.1, 0.15) is 26.7 Å². The molecule has 1 unspecified atom stereocenters. The van der Waals surface area contributed by atoms with Crippen molar-refractivity contribution in [3.63, 3.8) is 0 Å². The zero-order chi connectivity index (χ0) is 16.9. The van der Waals surface area contributed by atoms with Gasteiger partial charge < -0.3 is 15.7 Å². The predicted octanol–water partition coefficient (Wildman–Crippen LogP) is 2.33. The SMILES string of the molecule is CS(=O)c1ccc(NC(=O)NC(C)(C)CCC(=O)O)cc1F. The number of anilines is 1. The number of nitrogens with one attached hydrogen (secondary N) is 2. The summed E-state index contributed by atoms with van der Waals surface area (Å²) in [6, 6.07) is 3.31. The highest BCUT2D eigenvalue weighted by Crippen LogP contribution is 2.17. The van der Waals surface area contributed by atoms with Crippen LogP contribution in [0.4, 0.5) is 14.9 Å². The van der Waals surface area contributed by atoms with Crippen LogP contribution in [-0.2, 0) is 15.6 Å². The van der Waals surface area contributed by atoms with E-state index in [1.807, 2.05) is 0 Å². The molecule has 1 aromatic rings. The van der Waals surface area contributed by atoms with E-state index < -0.39 is 34.2 Å². The lowest BCUT2D eigenvalue weighted by atomic mass is 9.99.